The summed E-state index contributed by atoms with van der Waals surface area (Å²) in [5.41, 5.74) is 17.3. The Hall–Kier alpha value is -1.64. The zero-order chi connectivity index (χ0) is 15.6. The summed E-state index contributed by atoms with van der Waals surface area (Å²) in [7, 11) is 0. The molecule has 2 nitrogen and oxygen atoms in total. The molecular weight excluding hydrogens is 256 g/mol. The molecule has 0 saturated carbocycles. The Bertz CT molecular complexity index is 536. The quantitative estimate of drug-likeness (QED) is 0.902. The van der Waals surface area contributed by atoms with E-state index >= 15 is 0 Å². The third kappa shape index (κ3) is 3.02. The van der Waals surface area contributed by atoms with E-state index in [2.05, 4.69) is 76.2 Å². The van der Waals surface area contributed by atoms with Gasteiger partial charge in [-0.25, -0.2) is 0 Å². The molecule has 0 unspecified atom stereocenters. The van der Waals surface area contributed by atoms with Gasteiger partial charge in [-0.3, -0.25) is 0 Å². The molecule has 21 heavy (non-hydrogen) atoms. The molecular formula is C19H26N2. The van der Waals surface area contributed by atoms with E-state index in [-0.39, 0.29) is 12.0 Å². The first-order valence-corrected chi connectivity index (χ1v) is 7.54. The van der Waals surface area contributed by atoms with Crippen molar-refractivity contribution in [2.75, 3.05) is 0 Å². The molecule has 0 radical (unpaired) electrons. The van der Waals surface area contributed by atoms with Crippen LogP contribution >= 0.6 is 0 Å². The van der Waals surface area contributed by atoms with E-state index in [0.29, 0.717) is 0 Å². The normalized spacial score (nSPS) is 13.5. The smallest absolute Gasteiger partial charge is 0.0821 e. The highest BCUT2D eigenvalue weighted by molar-refractivity contribution is 5.42. The lowest BCUT2D eigenvalue weighted by atomic mass is 9.74. The average Bonchev–Trinajstić information content (AvgIpc) is 2.47. The fraction of sp³-hybridized carbons (Fsp3) is 0.368. The van der Waals surface area contributed by atoms with Crippen molar-refractivity contribution in [1.82, 2.24) is 0 Å². The van der Waals surface area contributed by atoms with Gasteiger partial charge in [0.1, 0.15) is 0 Å². The predicted molar refractivity (Wildman–Crippen MR) is 90.1 cm³/mol. The summed E-state index contributed by atoms with van der Waals surface area (Å²) in [6, 6.07) is 16.6. The second kappa shape index (κ2) is 6.00. The maximum Gasteiger partial charge on any atom is 0.0821 e. The van der Waals surface area contributed by atoms with Crippen molar-refractivity contribution in [3.05, 3.63) is 70.8 Å². The summed E-state index contributed by atoms with van der Waals surface area (Å²) in [4.78, 5) is 0. The lowest BCUT2D eigenvalue weighted by Crippen LogP contribution is -2.55. The van der Waals surface area contributed by atoms with Crippen LogP contribution in [-0.2, 0) is 5.54 Å². The van der Waals surface area contributed by atoms with E-state index in [4.69, 9.17) is 11.5 Å². The van der Waals surface area contributed by atoms with Crippen LogP contribution in [-0.4, -0.2) is 6.04 Å². The predicted octanol–water partition coefficient (Wildman–Crippen LogP) is 3.49. The SMILES string of the molecule is Cc1ccc(C(N)(c2ccc(C)cc2)[C@@H](N)C(C)C)cc1. The molecule has 0 saturated heterocycles. The topological polar surface area (TPSA) is 52.0 Å². The van der Waals surface area contributed by atoms with Crippen LogP contribution in [0, 0.1) is 19.8 Å². The summed E-state index contributed by atoms with van der Waals surface area (Å²) < 4.78 is 0. The largest absolute Gasteiger partial charge is 0.325 e. The van der Waals surface area contributed by atoms with Crippen molar-refractivity contribution in [2.45, 2.75) is 39.3 Å². The number of aryl methyl sites for hydroxylation is 2. The molecule has 0 heterocycles. The summed E-state index contributed by atoms with van der Waals surface area (Å²) in [6.07, 6.45) is 0. The first kappa shape index (κ1) is 15.7. The van der Waals surface area contributed by atoms with Gasteiger partial charge in [-0.15, -0.1) is 0 Å². The van der Waals surface area contributed by atoms with Crippen molar-refractivity contribution >= 4 is 0 Å². The van der Waals surface area contributed by atoms with E-state index < -0.39 is 5.54 Å². The number of rotatable bonds is 4. The Kier molecular flexibility index (Phi) is 4.50. The monoisotopic (exact) mass is 282 g/mol. The Morgan fingerprint density at radius 2 is 1.10 bits per heavy atom. The molecule has 0 aliphatic rings. The van der Waals surface area contributed by atoms with Crippen LogP contribution in [0.1, 0.15) is 36.1 Å². The Balaban J connectivity index is 2.58. The molecule has 2 heteroatoms. The third-order valence-corrected chi connectivity index (χ3v) is 4.30. The van der Waals surface area contributed by atoms with Gasteiger partial charge in [0.15, 0.2) is 0 Å². The van der Waals surface area contributed by atoms with Crippen LogP contribution in [0.25, 0.3) is 0 Å². The molecule has 4 N–H and O–H groups in total. The third-order valence-electron chi connectivity index (χ3n) is 4.30. The van der Waals surface area contributed by atoms with Gasteiger partial charge in [0.2, 0.25) is 0 Å². The highest BCUT2D eigenvalue weighted by Crippen LogP contribution is 2.33. The highest BCUT2D eigenvalue weighted by Gasteiger charge is 2.37. The highest BCUT2D eigenvalue weighted by atomic mass is 14.9. The number of benzene rings is 2. The maximum absolute atomic E-state index is 6.86. The van der Waals surface area contributed by atoms with Crippen LogP contribution in [0.5, 0.6) is 0 Å². The molecule has 112 valence electrons. The fourth-order valence-corrected chi connectivity index (χ4v) is 2.74. The van der Waals surface area contributed by atoms with Crippen LogP contribution in [0.3, 0.4) is 0 Å². The lowest BCUT2D eigenvalue weighted by molar-refractivity contribution is 0.337. The molecule has 0 aliphatic carbocycles. The molecule has 0 bridgehead atoms. The Labute approximate surface area is 128 Å². The molecule has 2 aromatic carbocycles. The summed E-state index contributed by atoms with van der Waals surface area (Å²) in [5, 5.41) is 0. The van der Waals surface area contributed by atoms with Crippen molar-refractivity contribution in [3.8, 4) is 0 Å². The zero-order valence-electron chi connectivity index (χ0n) is 13.4. The van der Waals surface area contributed by atoms with Crippen LogP contribution in [0.15, 0.2) is 48.5 Å². The molecule has 0 fully saturated rings. The van der Waals surface area contributed by atoms with E-state index in [1.807, 2.05) is 0 Å². The second-order valence-corrected chi connectivity index (χ2v) is 6.37. The molecule has 0 aliphatic heterocycles. The summed E-state index contributed by atoms with van der Waals surface area (Å²) in [6.45, 7) is 8.40. The van der Waals surface area contributed by atoms with Crippen molar-refractivity contribution in [3.63, 3.8) is 0 Å². The van der Waals surface area contributed by atoms with Crippen molar-refractivity contribution in [2.24, 2.45) is 17.4 Å². The van der Waals surface area contributed by atoms with Gasteiger partial charge < -0.3 is 11.5 Å². The zero-order valence-corrected chi connectivity index (χ0v) is 13.4. The van der Waals surface area contributed by atoms with E-state index in [1.165, 1.54) is 11.1 Å². The van der Waals surface area contributed by atoms with Gasteiger partial charge in [-0.05, 0) is 30.9 Å². The minimum absolute atomic E-state index is 0.150. The number of hydrogen-bond acceptors (Lipinski definition) is 2. The first-order valence-electron chi connectivity index (χ1n) is 7.54. The van der Waals surface area contributed by atoms with Gasteiger partial charge in [-0.2, -0.15) is 0 Å². The maximum atomic E-state index is 6.86. The Morgan fingerprint density at radius 3 is 1.38 bits per heavy atom. The van der Waals surface area contributed by atoms with Gasteiger partial charge in [0, 0.05) is 6.04 Å². The van der Waals surface area contributed by atoms with Crippen molar-refractivity contribution < 1.29 is 0 Å². The van der Waals surface area contributed by atoms with Gasteiger partial charge in [-0.1, -0.05) is 73.5 Å². The van der Waals surface area contributed by atoms with E-state index in [0.717, 1.165) is 11.1 Å². The minimum Gasteiger partial charge on any atom is -0.325 e. The van der Waals surface area contributed by atoms with Crippen LogP contribution < -0.4 is 11.5 Å². The lowest BCUT2D eigenvalue weighted by Gasteiger charge is -2.39. The average molecular weight is 282 g/mol. The van der Waals surface area contributed by atoms with Gasteiger partial charge in [0.25, 0.3) is 0 Å². The van der Waals surface area contributed by atoms with Crippen molar-refractivity contribution in [1.29, 1.82) is 0 Å². The second-order valence-electron chi connectivity index (χ2n) is 6.37. The van der Waals surface area contributed by atoms with E-state index in [1.54, 1.807) is 0 Å². The Morgan fingerprint density at radius 1 is 0.762 bits per heavy atom. The van der Waals surface area contributed by atoms with Crippen LogP contribution in [0.2, 0.25) is 0 Å². The summed E-state index contributed by atoms with van der Waals surface area (Å²) >= 11 is 0. The number of hydrogen-bond donors (Lipinski definition) is 2. The molecule has 1 atom stereocenters. The fourth-order valence-electron chi connectivity index (χ4n) is 2.74. The van der Waals surface area contributed by atoms with Crippen LogP contribution in [0.4, 0.5) is 0 Å². The first-order chi connectivity index (χ1) is 9.85. The minimum atomic E-state index is -0.671. The number of nitrogens with two attached hydrogens (primary N) is 2. The molecule has 0 amide bonds. The molecule has 2 aromatic rings. The molecule has 0 spiro atoms. The van der Waals surface area contributed by atoms with Gasteiger partial charge in [0.05, 0.1) is 5.54 Å². The molecule has 2 rings (SSSR count). The summed E-state index contributed by atoms with van der Waals surface area (Å²) in [5.74, 6) is 0.289. The molecule has 0 aromatic heterocycles. The van der Waals surface area contributed by atoms with E-state index in [9.17, 15) is 0 Å². The van der Waals surface area contributed by atoms with Gasteiger partial charge >= 0.3 is 0 Å². The standard InChI is InChI=1S/C19H26N2/c1-13(2)18(20)19(21,16-9-5-14(3)6-10-16)17-11-7-15(4)8-12-17/h5-13,18H,20-21H2,1-4H3/t18-/m0/s1.